The van der Waals surface area contributed by atoms with Crippen LogP contribution in [0, 0.1) is 0 Å². The monoisotopic (exact) mass is 276 g/mol. The molecule has 0 spiro atoms. The third kappa shape index (κ3) is 3.51. The van der Waals surface area contributed by atoms with Gasteiger partial charge in [-0.25, -0.2) is 0 Å². The maximum atomic E-state index is 11.8. The third-order valence-electron chi connectivity index (χ3n) is 3.62. The van der Waals surface area contributed by atoms with E-state index >= 15 is 0 Å². The lowest BCUT2D eigenvalue weighted by Crippen LogP contribution is -2.36. The lowest BCUT2D eigenvalue weighted by Gasteiger charge is -2.26. The summed E-state index contributed by atoms with van der Waals surface area (Å²) in [6, 6.07) is 8.21. The highest BCUT2D eigenvalue weighted by Crippen LogP contribution is 2.27. The number of carbonyl (C=O) groups excluding carboxylic acids is 1. The summed E-state index contributed by atoms with van der Waals surface area (Å²) in [4.78, 5) is 13.8. The van der Waals surface area contributed by atoms with Crippen LogP contribution in [0.3, 0.4) is 0 Å². The van der Waals surface area contributed by atoms with Gasteiger partial charge in [0.25, 0.3) is 0 Å². The highest BCUT2D eigenvalue weighted by atomic mass is 16.5. The van der Waals surface area contributed by atoms with Gasteiger partial charge in [0.15, 0.2) is 0 Å². The van der Waals surface area contributed by atoms with Crippen molar-refractivity contribution >= 4 is 5.91 Å². The van der Waals surface area contributed by atoms with Crippen LogP contribution in [0.5, 0.6) is 5.75 Å². The molecule has 20 heavy (non-hydrogen) atoms. The summed E-state index contributed by atoms with van der Waals surface area (Å²) in [6.07, 6.45) is 1.66. The molecular weight excluding hydrogens is 252 g/mol. The number of carbonyl (C=O) groups is 1. The molecule has 0 saturated carbocycles. The molecule has 1 aromatic carbocycles. The number of amides is 1. The Bertz CT molecular complexity index is 448. The number of nitrogens with zero attached hydrogens (tertiary/aromatic N) is 1. The van der Waals surface area contributed by atoms with E-state index in [-0.39, 0.29) is 11.9 Å². The molecule has 1 aliphatic heterocycles. The SMILES string of the molecule is CCNC(CN1CCCC1=O)c1ccccc1OCC. The van der Waals surface area contributed by atoms with E-state index in [1.165, 1.54) is 0 Å². The summed E-state index contributed by atoms with van der Waals surface area (Å²) in [7, 11) is 0. The maximum Gasteiger partial charge on any atom is 0.222 e. The van der Waals surface area contributed by atoms with Gasteiger partial charge in [-0.05, 0) is 26.0 Å². The van der Waals surface area contributed by atoms with Crippen molar-refractivity contribution in [2.24, 2.45) is 0 Å². The van der Waals surface area contributed by atoms with Crippen LogP contribution >= 0.6 is 0 Å². The van der Waals surface area contributed by atoms with Crippen molar-refractivity contribution in [3.05, 3.63) is 29.8 Å². The molecule has 4 nitrogen and oxygen atoms in total. The first kappa shape index (κ1) is 14.9. The molecule has 1 aromatic rings. The average Bonchev–Trinajstić information content (AvgIpc) is 2.85. The van der Waals surface area contributed by atoms with Gasteiger partial charge in [0.2, 0.25) is 5.91 Å². The number of hydrogen-bond donors (Lipinski definition) is 1. The minimum atomic E-state index is 0.129. The van der Waals surface area contributed by atoms with E-state index in [1.54, 1.807) is 0 Å². The Morgan fingerprint density at radius 1 is 1.35 bits per heavy atom. The summed E-state index contributed by atoms with van der Waals surface area (Å²) in [5, 5.41) is 3.47. The van der Waals surface area contributed by atoms with Gasteiger partial charge in [-0.3, -0.25) is 4.79 Å². The molecule has 1 fully saturated rings. The number of ether oxygens (including phenoxy) is 1. The molecule has 0 bridgehead atoms. The summed E-state index contributed by atoms with van der Waals surface area (Å²) in [5.74, 6) is 1.18. The van der Waals surface area contributed by atoms with Crippen molar-refractivity contribution in [1.82, 2.24) is 10.2 Å². The second kappa shape index (κ2) is 7.29. The van der Waals surface area contributed by atoms with Crippen molar-refractivity contribution in [2.75, 3.05) is 26.2 Å². The van der Waals surface area contributed by atoms with Gasteiger partial charge in [0, 0.05) is 25.1 Å². The fourth-order valence-electron chi connectivity index (χ4n) is 2.69. The van der Waals surface area contributed by atoms with Crippen molar-refractivity contribution in [1.29, 1.82) is 0 Å². The molecule has 1 aliphatic rings. The second-order valence-electron chi connectivity index (χ2n) is 5.02. The zero-order chi connectivity index (χ0) is 14.4. The van der Waals surface area contributed by atoms with E-state index in [1.807, 2.05) is 30.0 Å². The molecular formula is C16H24N2O2. The molecule has 1 unspecified atom stereocenters. The Morgan fingerprint density at radius 2 is 2.15 bits per heavy atom. The van der Waals surface area contributed by atoms with Gasteiger partial charge >= 0.3 is 0 Å². The Balaban J connectivity index is 2.16. The molecule has 2 rings (SSSR count). The van der Waals surface area contributed by atoms with E-state index < -0.39 is 0 Å². The molecule has 4 heteroatoms. The number of likely N-dealkylation sites (tertiary alicyclic amines) is 1. The molecule has 1 N–H and O–H groups in total. The minimum Gasteiger partial charge on any atom is -0.494 e. The number of benzene rings is 1. The van der Waals surface area contributed by atoms with Crippen LogP contribution in [-0.2, 0) is 4.79 Å². The quantitative estimate of drug-likeness (QED) is 0.831. The predicted octanol–water partition coefficient (Wildman–Crippen LogP) is 2.36. The summed E-state index contributed by atoms with van der Waals surface area (Å²) >= 11 is 0. The van der Waals surface area contributed by atoms with Crippen molar-refractivity contribution in [3.63, 3.8) is 0 Å². The second-order valence-corrected chi connectivity index (χ2v) is 5.02. The van der Waals surface area contributed by atoms with E-state index in [0.29, 0.717) is 13.0 Å². The Labute approximate surface area is 121 Å². The number of hydrogen-bond acceptors (Lipinski definition) is 3. The van der Waals surface area contributed by atoms with Gasteiger partial charge in [-0.15, -0.1) is 0 Å². The molecule has 1 saturated heterocycles. The largest absolute Gasteiger partial charge is 0.494 e. The highest BCUT2D eigenvalue weighted by Gasteiger charge is 2.25. The topological polar surface area (TPSA) is 41.6 Å². The van der Waals surface area contributed by atoms with Gasteiger partial charge in [-0.1, -0.05) is 25.1 Å². The van der Waals surface area contributed by atoms with E-state index in [2.05, 4.69) is 18.3 Å². The van der Waals surface area contributed by atoms with Crippen LogP contribution in [0.25, 0.3) is 0 Å². The maximum absolute atomic E-state index is 11.8. The van der Waals surface area contributed by atoms with Crippen molar-refractivity contribution in [3.8, 4) is 5.75 Å². The first-order valence-corrected chi connectivity index (χ1v) is 7.49. The first-order valence-electron chi connectivity index (χ1n) is 7.49. The number of nitrogens with one attached hydrogen (secondary N) is 1. The molecule has 1 atom stereocenters. The van der Waals surface area contributed by atoms with Crippen LogP contribution in [0.15, 0.2) is 24.3 Å². The van der Waals surface area contributed by atoms with Crippen LogP contribution in [-0.4, -0.2) is 37.0 Å². The molecule has 0 radical (unpaired) electrons. The minimum absolute atomic E-state index is 0.129. The fourth-order valence-corrected chi connectivity index (χ4v) is 2.69. The number of rotatable bonds is 7. The molecule has 0 aromatic heterocycles. The number of likely N-dealkylation sites (N-methyl/N-ethyl adjacent to an activating group) is 1. The Morgan fingerprint density at radius 3 is 2.80 bits per heavy atom. The van der Waals surface area contributed by atoms with E-state index in [0.717, 1.165) is 37.4 Å². The lowest BCUT2D eigenvalue weighted by molar-refractivity contribution is -0.128. The van der Waals surface area contributed by atoms with Crippen molar-refractivity contribution in [2.45, 2.75) is 32.7 Å². The highest BCUT2D eigenvalue weighted by molar-refractivity contribution is 5.78. The van der Waals surface area contributed by atoms with Gasteiger partial charge < -0.3 is 15.0 Å². The number of para-hydroxylation sites is 1. The molecule has 110 valence electrons. The van der Waals surface area contributed by atoms with Crippen LogP contribution < -0.4 is 10.1 Å². The summed E-state index contributed by atoms with van der Waals surface area (Å²) in [6.45, 7) is 7.19. The average molecular weight is 276 g/mol. The lowest BCUT2D eigenvalue weighted by atomic mass is 10.0. The van der Waals surface area contributed by atoms with Gasteiger partial charge in [-0.2, -0.15) is 0 Å². The Kier molecular flexibility index (Phi) is 5.41. The Hall–Kier alpha value is -1.55. The predicted molar refractivity (Wildman–Crippen MR) is 79.8 cm³/mol. The van der Waals surface area contributed by atoms with Gasteiger partial charge in [0.05, 0.1) is 12.6 Å². The summed E-state index contributed by atoms with van der Waals surface area (Å²) in [5.41, 5.74) is 1.14. The fraction of sp³-hybridized carbons (Fsp3) is 0.562. The summed E-state index contributed by atoms with van der Waals surface area (Å²) < 4.78 is 5.71. The smallest absolute Gasteiger partial charge is 0.222 e. The van der Waals surface area contributed by atoms with E-state index in [4.69, 9.17) is 4.74 Å². The van der Waals surface area contributed by atoms with Crippen molar-refractivity contribution < 1.29 is 9.53 Å². The molecule has 0 aliphatic carbocycles. The normalized spacial score (nSPS) is 16.5. The van der Waals surface area contributed by atoms with Crippen LogP contribution in [0.1, 0.15) is 38.3 Å². The third-order valence-corrected chi connectivity index (χ3v) is 3.62. The van der Waals surface area contributed by atoms with Gasteiger partial charge in [0.1, 0.15) is 5.75 Å². The van der Waals surface area contributed by atoms with Crippen LogP contribution in [0.2, 0.25) is 0 Å². The molecule has 1 amide bonds. The molecule has 1 heterocycles. The zero-order valence-electron chi connectivity index (χ0n) is 12.4. The first-order chi connectivity index (χ1) is 9.76. The van der Waals surface area contributed by atoms with E-state index in [9.17, 15) is 4.79 Å². The zero-order valence-corrected chi connectivity index (χ0v) is 12.4. The van der Waals surface area contributed by atoms with Crippen LogP contribution in [0.4, 0.5) is 0 Å². The standard InChI is InChI=1S/C16H24N2O2/c1-3-17-14(12-18-11-7-10-16(18)19)13-8-5-6-9-15(13)20-4-2/h5-6,8-9,14,17H,3-4,7,10-12H2,1-2H3.